The summed E-state index contributed by atoms with van der Waals surface area (Å²) in [5.74, 6) is -0.304. The first-order valence-electron chi connectivity index (χ1n) is 9.06. The summed E-state index contributed by atoms with van der Waals surface area (Å²) in [4.78, 5) is 27.7. The lowest BCUT2D eigenvalue weighted by molar-refractivity contribution is -0.121. The Morgan fingerprint density at radius 2 is 1.78 bits per heavy atom. The Kier molecular flexibility index (Phi) is 4.68. The summed E-state index contributed by atoms with van der Waals surface area (Å²) in [5, 5.41) is 0. The summed E-state index contributed by atoms with van der Waals surface area (Å²) in [7, 11) is 0. The summed E-state index contributed by atoms with van der Waals surface area (Å²) >= 11 is 0. The van der Waals surface area contributed by atoms with Crippen LogP contribution in [0.1, 0.15) is 43.9 Å². The molecule has 2 amide bonds. The van der Waals surface area contributed by atoms with E-state index < -0.39 is 17.1 Å². The highest BCUT2D eigenvalue weighted by atomic mass is 16.6. The van der Waals surface area contributed by atoms with Crippen molar-refractivity contribution in [2.24, 2.45) is 0 Å². The number of fused-ring (bicyclic) bond motifs is 1. The molecule has 1 atom stereocenters. The van der Waals surface area contributed by atoms with Crippen molar-refractivity contribution in [2.75, 3.05) is 4.90 Å². The summed E-state index contributed by atoms with van der Waals surface area (Å²) < 4.78 is 5.52. The molecule has 0 N–H and O–H groups in total. The van der Waals surface area contributed by atoms with Gasteiger partial charge in [-0.05, 0) is 51.3 Å². The monoisotopic (exact) mass is 363 g/mol. The molecule has 140 valence electrons. The molecule has 1 aliphatic heterocycles. The number of nitrogens with zero attached hydrogens (tertiary/aromatic N) is 1. The molecule has 2 aromatic rings. The Morgan fingerprint density at radius 3 is 2.37 bits per heavy atom. The minimum Gasteiger partial charge on any atom is -0.443 e. The van der Waals surface area contributed by atoms with Gasteiger partial charge in [-0.3, -0.25) is 4.79 Å². The van der Waals surface area contributed by atoms with Crippen molar-refractivity contribution in [3.8, 4) is 0 Å². The Bertz CT molecular complexity index is 893. The maximum absolute atomic E-state index is 13.7. The Morgan fingerprint density at radius 1 is 1.15 bits per heavy atom. The highest BCUT2D eigenvalue weighted by Gasteiger charge is 2.54. The van der Waals surface area contributed by atoms with Gasteiger partial charge in [-0.15, -0.1) is 6.58 Å². The van der Waals surface area contributed by atoms with Crippen molar-refractivity contribution in [1.82, 2.24) is 0 Å². The molecule has 0 aromatic heterocycles. The molecular weight excluding hydrogens is 338 g/mol. The van der Waals surface area contributed by atoms with E-state index in [1.165, 1.54) is 4.90 Å². The number of amides is 2. The zero-order chi connectivity index (χ0) is 19.8. The second-order valence-corrected chi connectivity index (χ2v) is 7.90. The first kappa shape index (κ1) is 18.9. The minimum atomic E-state index is -0.983. The molecule has 3 rings (SSSR count). The van der Waals surface area contributed by atoms with Crippen molar-refractivity contribution < 1.29 is 14.3 Å². The fourth-order valence-corrected chi connectivity index (χ4v) is 3.58. The lowest BCUT2D eigenvalue weighted by Crippen LogP contribution is -2.45. The third-order valence-electron chi connectivity index (χ3n) is 4.74. The summed E-state index contributed by atoms with van der Waals surface area (Å²) in [5.41, 5.74) is 1.64. The van der Waals surface area contributed by atoms with E-state index in [9.17, 15) is 9.59 Å². The predicted molar refractivity (Wildman–Crippen MR) is 107 cm³/mol. The molecule has 1 heterocycles. The minimum absolute atomic E-state index is 0.304. The van der Waals surface area contributed by atoms with Gasteiger partial charge < -0.3 is 4.74 Å². The quantitative estimate of drug-likeness (QED) is 0.710. The molecule has 27 heavy (non-hydrogen) atoms. The molecule has 0 saturated heterocycles. The number of rotatable bonds is 3. The van der Waals surface area contributed by atoms with Gasteiger partial charge in [0.1, 0.15) is 11.0 Å². The van der Waals surface area contributed by atoms with Crippen LogP contribution in [0.15, 0.2) is 61.2 Å². The van der Waals surface area contributed by atoms with E-state index in [1.807, 2.05) is 49.4 Å². The van der Waals surface area contributed by atoms with E-state index in [1.54, 1.807) is 32.9 Å². The van der Waals surface area contributed by atoms with Gasteiger partial charge in [0.2, 0.25) is 0 Å². The highest BCUT2D eigenvalue weighted by molar-refractivity contribution is 6.22. The van der Waals surface area contributed by atoms with E-state index in [2.05, 4.69) is 6.58 Å². The number of ether oxygens (including phenoxy) is 1. The van der Waals surface area contributed by atoms with Crippen LogP contribution in [0.3, 0.4) is 0 Å². The van der Waals surface area contributed by atoms with Crippen LogP contribution in [-0.2, 0) is 14.9 Å². The average molecular weight is 363 g/mol. The zero-order valence-corrected chi connectivity index (χ0v) is 16.3. The SMILES string of the molecule is C=CC[C@]1(c2ccc(C)cc2)C(=O)N(C(=O)OC(C)(C)C)c2ccccc21. The van der Waals surface area contributed by atoms with Gasteiger partial charge in [-0.1, -0.05) is 54.1 Å². The Hall–Kier alpha value is -2.88. The molecule has 0 radical (unpaired) electrons. The van der Waals surface area contributed by atoms with Crippen molar-refractivity contribution in [2.45, 2.75) is 45.1 Å². The summed E-state index contributed by atoms with van der Waals surface area (Å²) in [6.45, 7) is 11.2. The third kappa shape index (κ3) is 3.16. The van der Waals surface area contributed by atoms with Crippen LogP contribution in [0, 0.1) is 6.92 Å². The predicted octanol–water partition coefficient (Wildman–Crippen LogP) is 5.14. The first-order valence-corrected chi connectivity index (χ1v) is 9.06. The van der Waals surface area contributed by atoms with Gasteiger partial charge in [0.15, 0.2) is 0 Å². The number of anilines is 1. The van der Waals surface area contributed by atoms with Gasteiger partial charge in [-0.25, -0.2) is 9.69 Å². The molecule has 0 unspecified atom stereocenters. The lowest BCUT2D eigenvalue weighted by atomic mass is 9.73. The molecular formula is C23H25NO3. The van der Waals surface area contributed by atoms with Crippen LogP contribution >= 0.6 is 0 Å². The van der Waals surface area contributed by atoms with Crippen molar-refractivity contribution in [1.29, 1.82) is 0 Å². The molecule has 0 aliphatic carbocycles. The molecule has 1 aliphatic rings. The number of carbonyl (C=O) groups is 2. The van der Waals surface area contributed by atoms with E-state index in [0.29, 0.717) is 12.1 Å². The molecule has 0 bridgehead atoms. The number of benzene rings is 2. The largest absolute Gasteiger partial charge is 0.443 e. The van der Waals surface area contributed by atoms with Gasteiger partial charge in [0.05, 0.1) is 5.69 Å². The van der Waals surface area contributed by atoms with Crippen LogP contribution < -0.4 is 4.90 Å². The second-order valence-electron chi connectivity index (χ2n) is 7.90. The molecule has 0 spiro atoms. The molecule has 0 saturated carbocycles. The number of carbonyl (C=O) groups excluding carboxylic acids is 2. The normalized spacial score (nSPS) is 19.0. The summed E-state index contributed by atoms with van der Waals surface area (Å²) in [6.07, 6.45) is 1.47. The highest BCUT2D eigenvalue weighted by Crippen LogP contribution is 2.48. The number of aryl methyl sites for hydroxylation is 1. The fourth-order valence-electron chi connectivity index (χ4n) is 3.58. The van der Waals surface area contributed by atoms with Crippen molar-refractivity contribution in [3.63, 3.8) is 0 Å². The number of allylic oxidation sites excluding steroid dienone is 1. The van der Waals surface area contributed by atoms with E-state index in [4.69, 9.17) is 4.74 Å². The molecule has 4 nitrogen and oxygen atoms in total. The topological polar surface area (TPSA) is 46.6 Å². The van der Waals surface area contributed by atoms with Gasteiger partial charge >= 0.3 is 6.09 Å². The van der Waals surface area contributed by atoms with Crippen LogP contribution in [0.5, 0.6) is 0 Å². The lowest BCUT2D eigenvalue weighted by Gasteiger charge is -2.29. The first-order chi connectivity index (χ1) is 12.7. The molecule has 2 aromatic carbocycles. The summed E-state index contributed by atoms with van der Waals surface area (Å²) in [6, 6.07) is 15.3. The standard InChI is InChI=1S/C23H25NO3/c1-6-15-23(17-13-11-16(2)12-14-17)18-9-7-8-10-19(18)24(20(23)25)21(26)27-22(3,4)5/h6-14H,1,15H2,2-5H3/t23-/m1/s1. The average Bonchev–Trinajstić information content (AvgIpc) is 2.84. The second kappa shape index (κ2) is 6.69. The van der Waals surface area contributed by atoms with Gasteiger partial charge in [0.25, 0.3) is 5.91 Å². The number of para-hydroxylation sites is 1. The number of hydrogen-bond donors (Lipinski definition) is 0. The smallest absolute Gasteiger partial charge is 0.421 e. The third-order valence-corrected chi connectivity index (χ3v) is 4.74. The Labute approximate surface area is 160 Å². The Balaban J connectivity index is 2.20. The van der Waals surface area contributed by atoms with Gasteiger partial charge in [-0.2, -0.15) is 0 Å². The van der Waals surface area contributed by atoms with Crippen LogP contribution in [-0.4, -0.2) is 17.6 Å². The van der Waals surface area contributed by atoms with E-state index in [-0.39, 0.29) is 5.91 Å². The van der Waals surface area contributed by atoms with Crippen molar-refractivity contribution in [3.05, 3.63) is 77.9 Å². The van der Waals surface area contributed by atoms with Gasteiger partial charge in [0, 0.05) is 0 Å². The van der Waals surface area contributed by atoms with Crippen molar-refractivity contribution >= 4 is 17.7 Å². The van der Waals surface area contributed by atoms with E-state index in [0.717, 1.165) is 16.7 Å². The number of imide groups is 1. The maximum Gasteiger partial charge on any atom is 0.421 e. The van der Waals surface area contributed by atoms with E-state index >= 15 is 0 Å². The maximum atomic E-state index is 13.7. The zero-order valence-electron chi connectivity index (χ0n) is 16.3. The molecule has 0 fully saturated rings. The number of hydrogen-bond acceptors (Lipinski definition) is 3. The van der Waals surface area contributed by atoms with Crippen LogP contribution in [0.4, 0.5) is 10.5 Å². The molecule has 4 heteroatoms. The fraction of sp³-hybridized carbons (Fsp3) is 0.304. The van der Waals surface area contributed by atoms with Crippen LogP contribution in [0.25, 0.3) is 0 Å². The van der Waals surface area contributed by atoms with Crippen LogP contribution in [0.2, 0.25) is 0 Å².